The molecule has 4 heteroatoms. The summed E-state index contributed by atoms with van der Waals surface area (Å²) in [6, 6.07) is 0. The Kier molecular flexibility index (Phi) is 3.92. The molecule has 0 amide bonds. The third-order valence-corrected chi connectivity index (χ3v) is 1.74. The first-order valence-corrected chi connectivity index (χ1v) is 4.32. The van der Waals surface area contributed by atoms with Crippen molar-refractivity contribution in [3.63, 3.8) is 0 Å². The maximum atomic E-state index is 11.3. The van der Waals surface area contributed by atoms with E-state index < -0.39 is 6.10 Å². The number of esters is 1. The van der Waals surface area contributed by atoms with Gasteiger partial charge in [-0.2, -0.15) is 0 Å². The van der Waals surface area contributed by atoms with Crippen LogP contribution in [0.25, 0.3) is 0 Å². The number of rotatable bonds is 3. The van der Waals surface area contributed by atoms with Crippen LogP contribution in [-0.4, -0.2) is 38.0 Å². The molecule has 1 saturated heterocycles. The highest BCUT2D eigenvalue weighted by molar-refractivity contribution is 5.75. The molecule has 1 fully saturated rings. The zero-order valence-corrected chi connectivity index (χ0v) is 7.69. The molecule has 2 unspecified atom stereocenters. The van der Waals surface area contributed by atoms with Crippen molar-refractivity contribution >= 4 is 5.97 Å². The van der Waals surface area contributed by atoms with Gasteiger partial charge in [0.2, 0.25) is 0 Å². The van der Waals surface area contributed by atoms with Crippen molar-refractivity contribution < 1.29 is 19.0 Å². The lowest BCUT2D eigenvalue weighted by Crippen LogP contribution is -2.43. The maximum absolute atomic E-state index is 11.3. The van der Waals surface area contributed by atoms with Gasteiger partial charge >= 0.3 is 5.97 Å². The van der Waals surface area contributed by atoms with Crippen molar-refractivity contribution in [2.24, 2.45) is 0 Å². The van der Waals surface area contributed by atoms with Crippen LogP contribution >= 0.6 is 0 Å². The van der Waals surface area contributed by atoms with Crippen molar-refractivity contribution in [2.45, 2.75) is 19.1 Å². The second-order valence-corrected chi connectivity index (χ2v) is 2.61. The van der Waals surface area contributed by atoms with Crippen molar-refractivity contribution in [2.75, 3.05) is 19.8 Å². The third kappa shape index (κ3) is 2.54. The molecule has 0 aromatic carbocycles. The van der Waals surface area contributed by atoms with Crippen molar-refractivity contribution in [1.82, 2.24) is 0 Å². The van der Waals surface area contributed by atoms with E-state index in [1.807, 2.05) is 0 Å². The van der Waals surface area contributed by atoms with E-state index >= 15 is 0 Å². The Morgan fingerprint density at radius 3 is 2.92 bits per heavy atom. The molecule has 74 valence electrons. The van der Waals surface area contributed by atoms with Gasteiger partial charge in [-0.3, -0.25) is 0 Å². The Morgan fingerprint density at radius 2 is 2.31 bits per heavy atom. The summed E-state index contributed by atoms with van der Waals surface area (Å²) in [4.78, 5) is 11.3. The quantitative estimate of drug-likeness (QED) is 0.476. The summed E-state index contributed by atoms with van der Waals surface area (Å²) < 4.78 is 15.3. The first-order chi connectivity index (χ1) is 6.29. The van der Waals surface area contributed by atoms with Crippen molar-refractivity contribution in [3.05, 3.63) is 12.7 Å². The van der Waals surface area contributed by atoms with Crippen LogP contribution in [0.5, 0.6) is 0 Å². The normalized spacial score (nSPS) is 28.1. The standard InChI is InChI=1S/C9H14O4/c1-3-7-8(9(10)11-4-2)13-6-5-12-7/h3,7-8H,1,4-6H2,2H3. The van der Waals surface area contributed by atoms with Crippen molar-refractivity contribution in [1.29, 1.82) is 0 Å². The molecular weight excluding hydrogens is 172 g/mol. The zero-order valence-electron chi connectivity index (χ0n) is 7.69. The van der Waals surface area contributed by atoms with E-state index in [4.69, 9.17) is 14.2 Å². The molecule has 0 aromatic heterocycles. The van der Waals surface area contributed by atoms with Gasteiger partial charge in [-0.05, 0) is 6.92 Å². The molecule has 0 N–H and O–H groups in total. The van der Waals surface area contributed by atoms with Gasteiger partial charge in [0.1, 0.15) is 6.10 Å². The molecule has 0 bridgehead atoms. The van der Waals surface area contributed by atoms with E-state index in [1.54, 1.807) is 13.0 Å². The maximum Gasteiger partial charge on any atom is 0.338 e. The molecule has 0 radical (unpaired) electrons. The predicted octanol–water partition coefficient (Wildman–Crippen LogP) is 0.519. The Balaban J connectivity index is 2.53. The molecule has 1 rings (SSSR count). The van der Waals surface area contributed by atoms with Crippen LogP contribution in [0.3, 0.4) is 0 Å². The Hall–Kier alpha value is -0.870. The topological polar surface area (TPSA) is 44.8 Å². The Bertz CT molecular complexity index is 190. The van der Waals surface area contributed by atoms with E-state index in [0.29, 0.717) is 19.8 Å². The lowest BCUT2D eigenvalue weighted by Gasteiger charge is -2.27. The molecule has 0 spiro atoms. The highest BCUT2D eigenvalue weighted by atomic mass is 16.6. The van der Waals surface area contributed by atoms with E-state index in [0.717, 1.165) is 0 Å². The molecule has 2 atom stereocenters. The first kappa shape index (κ1) is 10.2. The summed E-state index contributed by atoms with van der Waals surface area (Å²) in [5, 5.41) is 0. The predicted molar refractivity (Wildman–Crippen MR) is 46.3 cm³/mol. The van der Waals surface area contributed by atoms with Gasteiger partial charge in [-0.25, -0.2) is 4.79 Å². The van der Waals surface area contributed by atoms with Gasteiger partial charge < -0.3 is 14.2 Å². The minimum Gasteiger partial charge on any atom is -0.464 e. The van der Waals surface area contributed by atoms with Crippen LogP contribution in [0.15, 0.2) is 12.7 Å². The van der Waals surface area contributed by atoms with Crippen molar-refractivity contribution in [3.8, 4) is 0 Å². The molecule has 1 aliphatic rings. The van der Waals surface area contributed by atoms with E-state index in [2.05, 4.69) is 6.58 Å². The summed E-state index contributed by atoms with van der Waals surface area (Å²) in [6.45, 7) is 6.59. The third-order valence-electron chi connectivity index (χ3n) is 1.74. The van der Waals surface area contributed by atoms with Crippen LogP contribution in [0.1, 0.15) is 6.92 Å². The Labute approximate surface area is 77.5 Å². The number of ether oxygens (including phenoxy) is 3. The highest BCUT2D eigenvalue weighted by Crippen LogP contribution is 2.12. The fraction of sp³-hybridized carbons (Fsp3) is 0.667. The Morgan fingerprint density at radius 1 is 1.62 bits per heavy atom. The molecule has 1 aliphatic heterocycles. The van der Waals surface area contributed by atoms with E-state index in [-0.39, 0.29) is 12.1 Å². The number of carbonyl (C=O) groups is 1. The van der Waals surface area contributed by atoms with Crippen LogP contribution in [0.2, 0.25) is 0 Å². The van der Waals surface area contributed by atoms with Gasteiger partial charge in [0.15, 0.2) is 6.10 Å². The highest BCUT2D eigenvalue weighted by Gasteiger charge is 2.32. The SMILES string of the molecule is C=CC1OCCOC1C(=O)OCC. The second-order valence-electron chi connectivity index (χ2n) is 2.61. The lowest BCUT2D eigenvalue weighted by molar-refractivity contribution is -0.178. The van der Waals surface area contributed by atoms with Crippen LogP contribution < -0.4 is 0 Å². The molecule has 1 heterocycles. The summed E-state index contributed by atoms with van der Waals surface area (Å²) in [6.07, 6.45) is 0.528. The van der Waals surface area contributed by atoms with E-state index in [9.17, 15) is 4.79 Å². The van der Waals surface area contributed by atoms with Crippen LogP contribution in [0.4, 0.5) is 0 Å². The summed E-state index contributed by atoms with van der Waals surface area (Å²) in [7, 11) is 0. The molecule has 0 aliphatic carbocycles. The second kappa shape index (κ2) is 4.99. The molecule has 0 aromatic rings. The number of hydrogen-bond acceptors (Lipinski definition) is 4. The molecular formula is C9H14O4. The number of hydrogen-bond donors (Lipinski definition) is 0. The fourth-order valence-corrected chi connectivity index (χ4v) is 1.16. The van der Waals surface area contributed by atoms with E-state index in [1.165, 1.54) is 0 Å². The number of carbonyl (C=O) groups excluding carboxylic acids is 1. The van der Waals surface area contributed by atoms with Gasteiger partial charge in [0.25, 0.3) is 0 Å². The lowest BCUT2D eigenvalue weighted by atomic mass is 10.2. The minimum absolute atomic E-state index is 0.350. The van der Waals surface area contributed by atoms with Gasteiger partial charge in [-0.15, -0.1) is 6.58 Å². The summed E-state index contributed by atoms with van der Waals surface area (Å²) in [5.41, 5.74) is 0. The fourth-order valence-electron chi connectivity index (χ4n) is 1.16. The first-order valence-electron chi connectivity index (χ1n) is 4.32. The van der Waals surface area contributed by atoms with Gasteiger partial charge in [0, 0.05) is 0 Å². The van der Waals surface area contributed by atoms with Crippen LogP contribution in [-0.2, 0) is 19.0 Å². The monoisotopic (exact) mass is 186 g/mol. The molecule has 13 heavy (non-hydrogen) atoms. The summed E-state index contributed by atoms with van der Waals surface area (Å²) in [5.74, 6) is -0.382. The zero-order chi connectivity index (χ0) is 9.68. The van der Waals surface area contributed by atoms with Gasteiger partial charge in [0.05, 0.1) is 19.8 Å². The average molecular weight is 186 g/mol. The molecule has 4 nitrogen and oxygen atoms in total. The largest absolute Gasteiger partial charge is 0.464 e. The minimum atomic E-state index is -0.647. The van der Waals surface area contributed by atoms with Gasteiger partial charge in [-0.1, -0.05) is 6.08 Å². The smallest absolute Gasteiger partial charge is 0.338 e. The summed E-state index contributed by atoms with van der Waals surface area (Å²) >= 11 is 0. The van der Waals surface area contributed by atoms with Crippen LogP contribution in [0, 0.1) is 0 Å². The average Bonchev–Trinajstić information content (AvgIpc) is 2.18. The molecule has 0 saturated carbocycles.